The zero-order valence-corrected chi connectivity index (χ0v) is 10.2. The highest BCUT2D eigenvalue weighted by atomic mass is 32.1. The van der Waals surface area contributed by atoms with Gasteiger partial charge in [0, 0.05) is 25.6 Å². The molecule has 2 heterocycles. The molecule has 0 amide bonds. The van der Waals surface area contributed by atoms with Crippen molar-refractivity contribution in [2.75, 3.05) is 24.1 Å². The van der Waals surface area contributed by atoms with Crippen molar-refractivity contribution >= 4 is 23.1 Å². The third-order valence-corrected chi connectivity index (χ3v) is 2.94. The molecule has 0 atom stereocenters. The number of hydrogen-bond donors (Lipinski definition) is 3. The van der Waals surface area contributed by atoms with Crippen LogP contribution in [0.2, 0.25) is 0 Å². The Morgan fingerprint density at radius 3 is 2.94 bits per heavy atom. The lowest BCUT2D eigenvalue weighted by molar-refractivity contribution is 0.990. The number of rotatable bonds is 5. The maximum Gasteiger partial charge on any atom is 0.222 e. The first-order valence-electron chi connectivity index (χ1n) is 5.36. The van der Waals surface area contributed by atoms with E-state index in [1.807, 2.05) is 11.4 Å². The van der Waals surface area contributed by atoms with Crippen molar-refractivity contribution in [3.05, 3.63) is 34.2 Å². The van der Waals surface area contributed by atoms with Crippen molar-refractivity contribution in [2.45, 2.75) is 6.42 Å². The molecule has 0 radical (unpaired) electrons. The van der Waals surface area contributed by atoms with Gasteiger partial charge in [-0.15, -0.1) is 0 Å². The number of thiophene rings is 1. The summed E-state index contributed by atoms with van der Waals surface area (Å²) in [7, 11) is 0. The fourth-order valence-corrected chi connectivity index (χ4v) is 2.17. The Hall–Kier alpha value is -1.66. The van der Waals surface area contributed by atoms with Gasteiger partial charge in [-0.3, -0.25) is 0 Å². The minimum Gasteiger partial charge on any atom is -0.369 e. The van der Waals surface area contributed by atoms with E-state index < -0.39 is 0 Å². The number of aromatic nitrogens is 2. The van der Waals surface area contributed by atoms with Crippen LogP contribution in [0.25, 0.3) is 0 Å². The highest BCUT2D eigenvalue weighted by molar-refractivity contribution is 7.07. The maximum absolute atomic E-state index is 5.67. The third-order valence-electron chi connectivity index (χ3n) is 2.21. The summed E-state index contributed by atoms with van der Waals surface area (Å²) in [5, 5.41) is 7.25. The molecule has 0 spiro atoms. The molecular weight excluding hydrogens is 234 g/mol. The van der Waals surface area contributed by atoms with E-state index in [0.29, 0.717) is 13.1 Å². The van der Waals surface area contributed by atoms with Crippen molar-refractivity contribution in [2.24, 2.45) is 5.73 Å². The highest BCUT2D eigenvalue weighted by Gasteiger charge is 2.03. The molecule has 2 aromatic heterocycles. The lowest BCUT2D eigenvalue weighted by Gasteiger charge is -2.06. The minimum atomic E-state index is 0.289. The van der Waals surface area contributed by atoms with Crippen molar-refractivity contribution < 1.29 is 0 Å². The van der Waals surface area contributed by atoms with E-state index in [2.05, 4.69) is 26.7 Å². The van der Waals surface area contributed by atoms with Gasteiger partial charge in [0.1, 0.15) is 5.82 Å². The SMILES string of the molecule is NCCNc1cc(Cc2ccsc2)nc(N)n1. The van der Waals surface area contributed by atoms with Gasteiger partial charge in [0.05, 0.1) is 5.69 Å². The number of nitrogen functional groups attached to an aromatic ring is 1. The van der Waals surface area contributed by atoms with Gasteiger partial charge in [0.15, 0.2) is 0 Å². The first-order valence-corrected chi connectivity index (χ1v) is 6.30. The number of nitrogens with one attached hydrogen (secondary N) is 1. The topological polar surface area (TPSA) is 89.8 Å². The second-order valence-corrected chi connectivity index (χ2v) is 4.41. The highest BCUT2D eigenvalue weighted by Crippen LogP contribution is 2.14. The average molecular weight is 249 g/mol. The summed E-state index contributed by atoms with van der Waals surface area (Å²) in [5.41, 5.74) is 13.2. The van der Waals surface area contributed by atoms with Gasteiger partial charge in [-0.25, -0.2) is 4.98 Å². The van der Waals surface area contributed by atoms with E-state index in [9.17, 15) is 0 Å². The lowest BCUT2D eigenvalue weighted by Crippen LogP contribution is -2.15. The van der Waals surface area contributed by atoms with Crippen LogP contribution in [-0.4, -0.2) is 23.1 Å². The zero-order chi connectivity index (χ0) is 12.1. The van der Waals surface area contributed by atoms with Crippen LogP contribution in [0.4, 0.5) is 11.8 Å². The van der Waals surface area contributed by atoms with Gasteiger partial charge >= 0.3 is 0 Å². The number of nitrogens with two attached hydrogens (primary N) is 2. The predicted octanol–water partition coefficient (Wildman–Crippen LogP) is 1.08. The monoisotopic (exact) mass is 249 g/mol. The third kappa shape index (κ3) is 3.40. The van der Waals surface area contributed by atoms with Crippen molar-refractivity contribution in [1.29, 1.82) is 0 Å². The largest absolute Gasteiger partial charge is 0.369 e. The first kappa shape index (κ1) is 11.8. The van der Waals surface area contributed by atoms with E-state index in [1.165, 1.54) is 5.56 Å². The molecular formula is C11H15N5S. The van der Waals surface area contributed by atoms with Crippen molar-refractivity contribution in [3.8, 4) is 0 Å². The molecule has 6 heteroatoms. The summed E-state index contributed by atoms with van der Waals surface area (Å²) in [6.45, 7) is 1.23. The van der Waals surface area contributed by atoms with E-state index in [-0.39, 0.29) is 5.95 Å². The number of hydrogen-bond acceptors (Lipinski definition) is 6. The van der Waals surface area contributed by atoms with Gasteiger partial charge < -0.3 is 16.8 Å². The van der Waals surface area contributed by atoms with E-state index in [0.717, 1.165) is 17.9 Å². The molecule has 0 bridgehead atoms. The standard InChI is InChI=1S/C11H15N5S/c12-2-3-14-10-6-9(15-11(13)16-10)5-8-1-4-17-7-8/h1,4,6-7H,2-3,5,12H2,(H3,13,14,15,16). The molecule has 5 nitrogen and oxygen atoms in total. The second kappa shape index (κ2) is 5.60. The van der Waals surface area contributed by atoms with Crippen LogP contribution in [0.1, 0.15) is 11.3 Å². The predicted molar refractivity (Wildman–Crippen MR) is 71.1 cm³/mol. The van der Waals surface area contributed by atoms with Crippen LogP contribution in [-0.2, 0) is 6.42 Å². The van der Waals surface area contributed by atoms with Crippen molar-refractivity contribution in [1.82, 2.24) is 9.97 Å². The summed E-state index contributed by atoms with van der Waals surface area (Å²) in [6, 6.07) is 3.99. The molecule has 0 fully saturated rings. The number of anilines is 2. The normalized spacial score (nSPS) is 10.4. The average Bonchev–Trinajstić information content (AvgIpc) is 2.78. The van der Waals surface area contributed by atoms with Gasteiger partial charge in [-0.05, 0) is 22.4 Å². The first-order chi connectivity index (χ1) is 8.28. The Balaban J connectivity index is 2.13. The van der Waals surface area contributed by atoms with Crippen LogP contribution < -0.4 is 16.8 Å². The molecule has 17 heavy (non-hydrogen) atoms. The molecule has 0 aliphatic heterocycles. The summed E-state index contributed by atoms with van der Waals surface area (Å²) in [4.78, 5) is 8.32. The van der Waals surface area contributed by atoms with E-state index in [1.54, 1.807) is 11.3 Å². The molecule has 0 unspecified atom stereocenters. The van der Waals surface area contributed by atoms with Gasteiger partial charge in [0.25, 0.3) is 0 Å². The van der Waals surface area contributed by atoms with Crippen LogP contribution >= 0.6 is 11.3 Å². The molecule has 0 aliphatic rings. The molecule has 0 saturated heterocycles. The Labute approximate surface area is 104 Å². The van der Waals surface area contributed by atoms with Crippen LogP contribution in [0.3, 0.4) is 0 Å². The number of nitrogens with zero attached hydrogens (tertiary/aromatic N) is 2. The van der Waals surface area contributed by atoms with Crippen LogP contribution in [0, 0.1) is 0 Å². The fourth-order valence-electron chi connectivity index (χ4n) is 1.50. The Morgan fingerprint density at radius 2 is 2.24 bits per heavy atom. The molecule has 0 aromatic carbocycles. The molecule has 0 aliphatic carbocycles. The van der Waals surface area contributed by atoms with Crippen LogP contribution in [0.15, 0.2) is 22.9 Å². The second-order valence-electron chi connectivity index (χ2n) is 3.63. The molecule has 2 aromatic rings. The van der Waals surface area contributed by atoms with Gasteiger partial charge in [-0.1, -0.05) is 0 Å². The fraction of sp³-hybridized carbons (Fsp3) is 0.273. The minimum absolute atomic E-state index is 0.289. The molecule has 5 N–H and O–H groups in total. The molecule has 0 saturated carbocycles. The smallest absolute Gasteiger partial charge is 0.222 e. The van der Waals surface area contributed by atoms with E-state index >= 15 is 0 Å². The Morgan fingerprint density at radius 1 is 1.35 bits per heavy atom. The zero-order valence-electron chi connectivity index (χ0n) is 9.39. The lowest BCUT2D eigenvalue weighted by atomic mass is 10.2. The van der Waals surface area contributed by atoms with E-state index in [4.69, 9.17) is 11.5 Å². The van der Waals surface area contributed by atoms with Gasteiger partial charge in [0.2, 0.25) is 5.95 Å². The summed E-state index contributed by atoms with van der Waals surface area (Å²) in [6.07, 6.45) is 0.771. The summed E-state index contributed by atoms with van der Waals surface area (Å²) >= 11 is 1.67. The Kier molecular flexibility index (Phi) is 3.89. The maximum atomic E-state index is 5.67. The molecule has 2 rings (SSSR count). The molecule has 90 valence electrons. The Bertz CT molecular complexity index is 469. The van der Waals surface area contributed by atoms with Crippen molar-refractivity contribution in [3.63, 3.8) is 0 Å². The van der Waals surface area contributed by atoms with Gasteiger partial charge in [-0.2, -0.15) is 16.3 Å². The summed E-state index contributed by atoms with van der Waals surface area (Å²) in [5.74, 6) is 1.02. The summed E-state index contributed by atoms with van der Waals surface area (Å²) < 4.78 is 0. The quantitative estimate of drug-likeness (QED) is 0.737. The van der Waals surface area contributed by atoms with Crippen LogP contribution in [0.5, 0.6) is 0 Å².